The lowest BCUT2D eigenvalue weighted by atomic mass is 10.4. The van der Waals surface area contributed by atoms with Gasteiger partial charge in [-0.15, -0.1) is 0 Å². The highest BCUT2D eigenvalue weighted by atomic mass is 79.9. The quantitative estimate of drug-likeness (QED) is 0.481. The maximum absolute atomic E-state index is 11.4. The molecule has 0 radical (unpaired) electrons. The summed E-state index contributed by atoms with van der Waals surface area (Å²) in [7, 11) is 0. The van der Waals surface area contributed by atoms with Gasteiger partial charge in [-0.3, -0.25) is 0 Å². The van der Waals surface area contributed by atoms with Crippen molar-refractivity contribution in [3.05, 3.63) is 16.4 Å². The Labute approximate surface area is 94.6 Å². The molecule has 0 atom stereocenters. The number of hydrogen-bond acceptors (Lipinski definition) is 5. The standard InChI is InChI=1S/C8H9BrN2O2S/c1-3-13-7(12)6-5(9)4-10-8(11-6)14-2/h4H,3H2,1-2H3. The summed E-state index contributed by atoms with van der Waals surface area (Å²) >= 11 is 4.57. The molecule has 4 nitrogen and oxygen atoms in total. The highest BCUT2D eigenvalue weighted by Crippen LogP contribution is 2.17. The van der Waals surface area contributed by atoms with E-state index in [2.05, 4.69) is 25.9 Å². The fourth-order valence-electron chi connectivity index (χ4n) is 0.792. The lowest BCUT2D eigenvalue weighted by Gasteiger charge is -2.03. The van der Waals surface area contributed by atoms with Gasteiger partial charge in [-0.05, 0) is 29.1 Å². The van der Waals surface area contributed by atoms with Crippen LogP contribution in [0, 0.1) is 0 Å². The molecule has 0 unspecified atom stereocenters. The van der Waals surface area contributed by atoms with Crippen molar-refractivity contribution in [1.29, 1.82) is 0 Å². The molecule has 0 fully saturated rings. The molecule has 76 valence electrons. The number of nitrogens with zero attached hydrogens (tertiary/aromatic N) is 2. The number of carbonyl (C=O) groups excluding carboxylic acids is 1. The van der Waals surface area contributed by atoms with E-state index in [0.717, 1.165) is 0 Å². The first-order valence-corrected chi connectivity index (χ1v) is 5.94. The summed E-state index contributed by atoms with van der Waals surface area (Å²) in [5.41, 5.74) is 0.270. The van der Waals surface area contributed by atoms with Gasteiger partial charge in [0.15, 0.2) is 10.9 Å². The molecule has 0 aromatic carbocycles. The summed E-state index contributed by atoms with van der Waals surface area (Å²) in [6.07, 6.45) is 3.39. The third-order valence-electron chi connectivity index (χ3n) is 1.37. The number of thioether (sulfide) groups is 1. The molecule has 1 rings (SSSR count). The molecule has 0 bridgehead atoms. The Morgan fingerprint density at radius 3 is 3.00 bits per heavy atom. The molecule has 0 N–H and O–H groups in total. The highest BCUT2D eigenvalue weighted by Gasteiger charge is 2.14. The van der Waals surface area contributed by atoms with Gasteiger partial charge in [-0.2, -0.15) is 0 Å². The summed E-state index contributed by atoms with van der Waals surface area (Å²) in [5, 5.41) is 0.552. The molecular formula is C8H9BrN2O2S. The van der Waals surface area contributed by atoms with E-state index in [1.165, 1.54) is 11.8 Å². The second kappa shape index (κ2) is 5.31. The first kappa shape index (κ1) is 11.5. The van der Waals surface area contributed by atoms with Crippen molar-refractivity contribution in [2.24, 2.45) is 0 Å². The van der Waals surface area contributed by atoms with E-state index in [4.69, 9.17) is 4.74 Å². The largest absolute Gasteiger partial charge is 0.461 e. The molecule has 0 amide bonds. The van der Waals surface area contributed by atoms with E-state index in [9.17, 15) is 4.79 Å². The summed E-state index contributed by atoms with van der Waals surface area (Å²) in [6.45, 7) is 2.09. The van der Waals surface area contributed by atoms with Crippen LogP contribution in [0.5, 0.6) is 0 Å². The highest BCUT2D eigenvalue weighted by molar-refractivity contribution is 9.10. The Hall–Kier alpha value is -0.620. The molecule has 0 aliphatic rings. The van der Waals surface area contributed by atoms with Gasteiger partial charge < -0.3 is 4.74 Å². The maximum Gasteiger partial charge on any atom is 0.358 e. The predicted octanol–water partition coefficient (Wildman–Crippen LogP) is 2.14. The van der Waals surface area contributed by atoms with Crippen molar-refractivity contribution in [3.63, 3.8) is 0 Å². The fourth-order valence-corrected chi connectivity index (χ4v) is 1.49. The van der Waals surface area contributed by atoms with Crippen molar-refractivity contribution in [1.82, 2.24) is 9.97 Å². The van der Waals surface area contributed by atoms with Crippen LogP contribution in [-0.4, -0.2) is 28.8 Å². The van der Waals surface area contributed by atoms with E-state index >= 15 is 0 Å². The number of ether oxygens (including phenoxy) is 1. The monoisotopic (exact) mass is 276 g/mol. The summed E-state index contributed by atoms with van der Waals surface area (Å²) in [4.78, 5) is 19.4. The third-order valence-corrected chi connectivity index (χ3v) is 2.52. The van der Waals surface area contributed by atoms with Crippen LogP contribution in [-0.2, 0) is 4.74 Å². The lowest BCUT2D eigenvalue weighted by Crippen LogP contribution is -2.09. The molecule has 0 saturated heterocycles. The van der Waals surface area contributed by atoms with Crippen LogP contribution in [0.2, 0.25) is 0 Å². The van der Waals surface area contributed by atoms with Gasteiger partial charge in [0, 0.05) is 6.20 Å². The topological polar surface area (TPSA) is 52.1 Å². The molecule has 0 aliphatic carbocycles. The van der Waals surface area contributed by atoms with E-state index in [0.29, 0.717) is 16.2 Å². The van der Waals surface area contributed by atoms with Crippen LogP contribution in [0.1, 0.15) is 17.4 Å². The smallest absolute Gasteiger partial charge is 0.358 e. The van der Waals surface area contributed by atoms with Gasteiger partial charge >= 0.3 is 5.97 Å². The Morgan fingerprint density at radius 2 is 2.43 bits per heavy atom. The van der Waals surface area contributed by atoms with E-state index < -0.39 is 5.97 Å². The molecular weight excluding hydrogens is 268 g/mol. The van der Waals surface area contributed by atoms with Gasteiger partial charge in [0.2, 0.25) is 0 Å². The Bertz CT molecular complexity index is 346. The first-order chi connectivity index (χ1) is 6.69. The van der Waals surface area contributed by atoms with Gasteiger partial charge in [0.05, 0.1) is 11.1 Å². The zero-order valence-electron chi connectivity index (χ0n) is 7.78. The maximum atomic E-state index is 11.4. The van der Waals surface area contributed by atoms with Crippen LogP contribution >= 0.6 is 27.7 Å². The minimum absolute atomic E-state index is 0.270. The van der Waals surface area contributed by atoms with E-state index in [-0.39, 0.29) is 5.69 Å². The molecule has 1 aromatic heterocycles. The number of esters is 1. The molecule has 1 aromatic rings. The first-order valence-electron chi connectivity index (χ1n) is 3.92. The number of hydrogen-bond donors (Lipinski definition) is 0. The third kappa shape index (κ3) is 2.68. The van der Waals surface area contributed by atoms with Crippen molar-refractivity contribution in [3.8, 4) is 0 Å². The number of halogens is 1. The Morgan fingerprint density at radius 1 is 1.71 bits per heavy atom. The fraction of sp³-hybridized carbons (Fsp3) is 0.375. The SMILES string of the molecule is CCOC(=O)c1nc(SC)ncc1Br. The average Bonchev–Trinajstić information content (AvgIpc) is 2.19. The van der Waals surface area contributed by atoms with Crippen molar-refractivity contribution < 1.29 is 9.53 Å². The van der Waals surface area contributed by atoms with Crippen molar-refractivity contribution in [2.75, 3.05) is 12.9 Å². The van der Waals surface area contributed by atoms with E-state index in [1.807, 2.05) is 6.26 Å². The zero-order chi connectivity index (χ0) is 10.6. The minimum atomic E-state index is -0.433. The van der Waals surface area contributed by atoms with Crippen molar-refractivity contribution >= 4 is 33.7 Å². The Balaban J connectivity index is 2.99. The lowest BCUT2D eigenvalue weighted by molar-refractivity contribution is 0.0517. The summed E-state index contributed by atoms with van der Waals surface area (Å²) < 4.78 is 5.39. The molecule has 0 spiro atoms. The zero-order valence-corrected chi connectivity index (χ0v) is 10.2. The van der Waals surface area contributed by atoms with Crippen LogP contribution in [0.4, 0.5) is 0 Å². The minimum Gasteiger partial charge on any atom is -0.461 e. The van der Waals surface area contributed by atoms with Gasteiger partial charge in [-0.25, -0.2) is 14.8 Å². The van der Waals surface area contributed by atoms with Crippen LogP contribution in [0.25, 0.3) is 0 Å². The second-order valence-corrected chi connectivity index (χ2v) is 3.90. The van der Waals surface area contributed by atoms with Crippen molar-refractivity contribution in [2.45, 2.75) is 12.1 Å². The second-order valence-electron chi connectivity index (χ2n) is 2.27. The molecule has 1 heterocycles. The number of aromatic nitrogens is 2. The molecule has 14 heavy (non-hydrogen) atoms. The molecule has 6 heteroatoms. The van der Waals surface area contributed by atoms with Gasteiger partial charge in [0.1, 0.15) is 0 Å². The van der Waals surface area contributed by atoms with Crippen LogP contribution in [0.15, 0.2) is 15.8 Å². The average molecular weight is 277 g/mol. The summed E-state index contributed by atoms with van der Waals surface area (Å²) in [6, 6.07) is 0. The number of carbonyl (C=O) groups is 1. The van der Waals surface area contributed by atoms with Gasteiger partial charge in [-0.1, -0.05) is 11.8 Å². The van der Waals surface area contributed by atoms with E-state index in [1.54, 1.807) is 13.1 Å². The van der Waals surface area contributed by atoms with Crippen LogP contribution in [0.3, 0.4) is 0 Å². The predicted molar refractivity (Wildman–Crippen MR) is 57.5 cm³/mol. The normalized spacial score (nSPS) is 9.93. The number of rotatable bonds is 3. The Kier molecular flexibility index (Phi) is 4.34. The molecule has 0 aliphatic heterocycles. The molecule has 0 saturated carbocycles. The van der Waals surface area contributed by atoms with Gasteiger partial charge in [0.25, 0.3) is 0 Å². The summed E-state index contributed by atoms with van der Waals surface area (Å²) in [5.74, 6) is -0.433. The van der Waals surface area contributed by atoms with Crippen LogP contribution < -0.4 is 0 Å².